The number of rotatable bonds is 0. The molecule has 0 bridgehead atoms. The van der Waals surface area contributed by atoms with Crippen molar-refractivity contribution < 1.29 is 0 Å². The van der Waals surface area contributed by atoms with Crippen LogP contribution < -0.4 is 5.73 Å². The van der Waals surface area contributed by atoms with E-state index < -0.39 is 0 Å². The van der Waals surface area contributed by atoms with E-state index in [1.807, 2.05) is 0 Å². The van der Waals surface area contributed by atoms with Gasteiger partial charge in [0.15, 0.2) is 0 Å². The smallest absolute Gasteiger partial charge is 0.0110 e. The zero-order valence-corrected chi connectivity index (χ0v) is 7.65. The predicted molar refractivity (Wildman–Crippen MR) is 46.9 cm³/mol. The molecule has 0 aromatic rings. The molecule has 62 valence electrons. The van der Waals surface area contributed by atoms with E-state index in [2.05, 4.69) is 20.8 Å². The summed E-state index contributed by atoms with van der Waals surface area (Å²) in [5, 5.41) is 0. The van der Waals surface area contributed by atoms with Crippen molar-refractivity contribution in [3.8, 4) is 0 Å². The lowest BCUT2D eigenvalue weighted by atomic mass is 9.95. The molecule has 2 rings (SSSR count). The Morgan fingerprint density at radius 1 is 1.36 bits per heavy atom. The highest BCUT2D eigenvalue weighted by molar-refractivity contribution is 5.41. The van der Waals surface area contributed by atoms with Crippen molar-refractivity contribution in [2.45, 2.75) is 33.6 Å². The molecule has 1 heteroatoms. The van der Waals surface area contributed by atoms with Gasteiger partial charge >= 0.3 is 0 Å². The summed E-state index contributed by atoms with van der Waals surface area (Å²) in [6, 6.07) is 0. The average molecular weight is 151 g/mol. The summed E-state index contributed by atoms with van der Waals surface area (Å²) < 4.78 is 0. The van der Waals surface area contributed by atoms with Gasteiger partial charge in [-0.05, 0) is 35.7 Å². The van der Waals surface area contributed by atoms with E-state index in [1.54, 1.807) is 5.57 Å². The van der Waals surface area contributed by atoms with Crippen molar-refractivity contribution >= 4 is 0 Å². The maximum absolute atomic E-state index is 6.02. The highest BCUT2D eigenvalue weighted by Crippen LogP contribution is 2.63. The Morgan fingerprint density at radius 3 is 2.55 bits per heavy atom. The highest BCUT2D eigenvalue weighted by Gasteiger charge is 2.55. The van der Waals surface area contributed by atoms with Crippen molar-refractivity contribution in [2.24, 2.45) is 23.0 Å². The third-order valence-corrected chi connectivity index (χ3v) is 3.56. The van der Waals surface area contributed by atoms with E-state index in [9.17, 15) is 0 Å². The van der Waals surface area contributed by atoms with Crippen molar-refractivity contribution in [2.75, 3.05) is 0 Å². The van der Waals surface area contributed by atoms with E-state index in [0.717, 1.165) is 5.92 Å². The van der Waals surface area contributed by atoms with Crippen LogP contribution in [0.5, 0.6) is 0 Å². The third-order valence-electron chi connectivity index (χ3n) is 3.56. The van der Waals surface area contributed by atoms with E-state index >= 15 is 0 Å². The fraction of sp³-hybridized carbons (Fsp3) is 0.800. The van der Waals surface area contributed by atoms with Gasteiger partial charge in [-0.3, -0.25) is 0 Å². The van der Waals surface area contributed by atoms with Gasteiger partial charge in [-0.2, -0.15) is 0 Å². The van der Waals surface area contributed by atoms with Crippen LogP contribution in [0.4, 0.5) is 0 Å². The molecule has 2 unspecified atom stereocenters. The van der Waals surface area contributed by atoms with Crippen LogP contribution in [-0.4, -0.2) is 0 Å². The maximum Gasteiger partial charge on any atom is 0.0110 e. The minimum Gasteiger partial charge on any atom is -0.402 e. The van der Waals surface area contributed by atoms with Crippen LogP contribution in [0.3, 0.4) is 0 Å². The van der Waals surface area contributed by atoms with E-state index in [4.69, 9.17) is 5.73 Å². The van der Waals surface area contributed by atoms with Crippen LogP contribution in [0.1, 0.15) is 33.6 Å². The van der Waals surface area contributed by atoms with E-state index in [0.29, 0.717) is 11.3 Å². The second-order valence-electron chi connectivity index (χ2n) is 4.62. The minimum absolute atomic E-state index is 0.453. The average Bonchev–Trinajstić information content (AvgIpc) is 2.46. The number of allylic oxidation sites excluding steroid dienone is 2. The lowest BCUT2D eigenvalue weighted by molar-refractivity contribution is 0.477. The summed E-state index contributed by atoms with van der Waals surface area (Å²) in [6.45, 7) is 6.88. The molecule has 2 N–H and O–H groups in total. The first-order valence-corrected chi connectivity index (χ1v) is 4.55. The molecular weight excluding hydrogens is 134 g/mol. The van der Waals surface area contributed by atoms with Crippen molar-refractivity contribution in [3.63, 3.8) is 0 Å². The van der Waals surface area contributed by atoms with Gasteiger partial charge in [0, 0.05) is 5.70 Å². The summed E-state index contributed by atoms with van der Waals surface area (Å²) in [4.78, 5) is 0. The van der Waals surface area contributed by atoms with Crippen LogP contribution >= 0.6 is 0 Å². The Hall–Kier alpha value is -0.460. The first-order valence-electron chi connectivity index (χ1n) is 4.55. The molecule has 1 nitrogen and oxygen atoms in total. The molecule has 0 aliphatic heterocycles. The van der Waals surface area contributed by atoms with Gasteiger partial charge in [0.25, 0.3) is 0 Å². The topological polar surface area (TPSA) is 26.0 Å². The monoisotopic (exact) mass is 151 g/mol. The second kappa shape index (κ2) is 1.82. The van der Waals surface area contributed by atoms with Crippen molar-refractivity contribution in [1.82, 2.24) is 0 Å². The first kappa shape index (κ1) is 7.20. The summed E-state index contributed by atoms with van der Waals surface area (Å²) in [7, 11) is 0. The number of hydrogen-bond donors (Lipinski definition) is 1. The summed E-state index contributed by atoms with van der Waals surface area (Å²) in [5.41, 5.74) is 9.24. The maximum atomic E-state index is 6.02. The van der Waals surface area contributed by atoms with Gasteiger partial charge < -0.3 is 5.73 Å². The molecule has 0 aromatic heterocycles. The normalized spacial score (nSPS) is 40.3. The van der Waals surface area contributed by atoms with Crippen LogP contribution in [0.15, 0.2) is 11.3 Å². The minimum atomic E-state index is 0.453. The van der Waals surface area contributed by atoms with Gasteiger partial charge in [-0.15, -0.1) is 0 Å². The lowest BCUT2D eigenvalue weighted by Gasteiger charge is -2.15. The number of fused-ring (bicyclic) bond motifs is 1. The van der Waals surface area contributed by atoms with Crippen LogP contribution in [0.2, 0.25) is 0 Å². The van der Waals surface area contributed by atoms with E-state index in [-0.39, 0.29) is 0 Å². The van der Waals surface area contributed by atoms with Gasteiger partial charge in [0.2, 0.25) is 0 Å². The van der Waals surface area contributed by atoms with Crippen LogP contribution in [0.25, 0.3) is 0 Å². The largest absolute Gasteiger partial charge is 0.402 e. The quantitative estimate of drug-likeness (QED) is 0.564. The van der Waals surface area contributed by atoms with Crippen LogP contribution in [0, 0.1) is 17.3 Å². The Kier molecular flexibility index (Phi) is 1.19. The van der Waals surface area contributed by atoms with E-state index in [1.165, 1.54) is 18.5 Å². The fourth-order valence-corrected chi connectivity index (χ4v) is 2.55. The Labute approximate surface area is 68.7 Å². The SMILES string of the molecule is CC1CCC2C(=C1N)C2(C)C. The van der Waals surface area contributed by atoms with Crippen LogP contribution in [-0.2, 0) is 0 Å². The molecule has 0 saturated heterocycles. The van der Waals surface area contributed by atoms with Gasteiger partial charge in [-0.1, -0.05) is 20.8 Å². The zero-order chi connectivity index (χ0) is 8.22. The molecule has 11 heavy (non-hydrogen) atoms. The molecular formula is C10H17N. The molecule has 0 amide bonds. The van der Waals surface area contributed by atoms with Crippen molar-refractivity contribution in [3.05, 3.63) is 11.3 Å². The fourth-order valence-electron chi connectivity index (χ4n) is 2.55. The lowest BCUT2D eigenvalue weighted by Crippen LogP contribution is -2.12. The van der Waals surface area contributed by atoms with Crippen molar-refractivity contribution in [1.29, 1.82) is 0 Å². The Morgan fingerprint density at radius 2 is 2.00 bits per heavy atom. The summed E-state index contributed by atoms with van der Waals surface area (Å²) in [6.07, 6.45) is 2.66. The molecule has 1 fully saturated rings. The first-order chi connectivity index (χ1) is 5.05. The van der Waals surface area contributed by atoms with Gasteiger partial charge in [0.05, 0.1) is 0 Å². The molecule has 2 atom stereocenters. The summed E-state index contributed by atoms with van der Waals surface area (Å²) >= 11 is 0. The number of hydrogen-bond acceptors (Lipinski definition) is 1. The molecule has 1 saturated carbocycles. The second-order valence-corrected chi connectivity index (χ2v) is 4.62. The zero-order valence-electron chi connectivity index (χ0n) is 7.65. The predicted octanol–water partition coefficient (Wildman–Crippen LogP) is 2.29. The Bertz CT molecular complexity index is 225. The standard InChI is InChI=1S/C10H17N/c1-6-4-5-7-8(9(6)11)10(7,2)3/h6-7H,4-5,11H2,1-3H3. The molecule has 0 radical (unpaired) electrons. The number of nitrogens with two attached hydrogens (primary N) is 1. The molecule has 0 aromatic carbocycles. The molecule has 2 aliphatic rings. The molecule has 2 aliphatic carbocycles. The Balaban J connectivity index is 2.35. The summed E-state index contributed by atoms with van der Waals surface area (Å²) in [5.74, 6) is 1.47. The highest BCUT2D eigenvalue weighted by atomic mass is 14.7. The molecule has 0 heterocycles. The third kappa shape index (κ3) is 0.770. The van der Waals surface area contributed by atoms with Gasteiger partial charge in [-0.25, -0.2) is 0 Å². The van der Waals surface area contributed by atoms with Gasteiger partial charge in [0.1, 0.15) is 0 Å². The molecule has 0 spiro atoms.